The SMILES string of the molecule is CCOc1cccc(-c2ccc(F)cc2CO[C@H]2CCNC2)c1. The molecule has 3 rings (SSSR count). The minimum atomic E-state index is -0.238. The predicted octanol–water partition coefficient (Wildman–Crippen LogP) is 3.77. The monoisotopic (exact) mass is 315 g/mol. The Morgan fingerprint density at radius 2 is 2.13 bits per heavy atom. The molecule has 0 unspecified atom stereocenters. The molecule has 2 aromatic carbocycles. The lowest BCUT2D eigenvalue weighted by Crippen LogP contribution is -2.16. The van der Waals surface area contributed by atoms with E-state index in [0.29, 0.717) is 13.2 Å². The van der Waals surface area contributed by atoms with Crippen LogP contribution in [0.2, 0.25) is 0 Å². The summed E-state index contributed by atoms with van der Waals surface area (Å²) in [6.45, 7) is 4.84. The van der Waals surface area contributed by atoms with Gasteiger partial charge in [-0.1, -0.05) is 18.2 Å². The summed E-state index contributed by atoms with van der Waals surface area (Å²) in [6.07, 6.45) is 1.21. The van der Waals surface area contributed by atoms with E-state index in [1.165, 1.54) is 6.07 Å². The van der Waals surface area contributed by atoms with Crippen LogP contribution in [0.25, 0.3) is 11.1 Å². The molecule has 0 spiro atoms. The van der Waals surface area contributed by atoms with Crippen molar-refractivity contribution >= 4 is 0 Å². The molecule has 122 valence electrons. The van der Waals surface area contributed by atoms with Gasteiger partial charge >= 0.3 is 0 Å². The zero-order valence-corrected chi connectivity index (χ0v) is 13.3. The summed E-state index contributed by atoms with van der Waals surface area (Å²) in [6, 6.07) is 12.7. The van der Waals surface area contributed by atoms with Crippen LogP contribution in [0.1, 0.15) is 18.9 Å². The van der Waals surface area contributed by atoms with Crippen molar-refractivity contribution in [2.45, 2.75) is 26.1 Å². The van der Waals surface area contributed by atoms with E-state index in [1.54, 1.807) is 6.07 Å². The van der Waals surface area contributed by atoms with Crippen LogP contribution >= 0.6 is 0 Å². The Balaban J connectivity index is 1.84. The van der Waals surface area contributed by atoms with Gasteiger partial charge in [-0.15, -0.1) is 0 Å². The van der Waals surface area contributed by atoms with Crippen LogP contribution in [0.15, 0.2) is 42.5 Å². The maximum atomic E-state index is 13.7. The first-order valence-corrected chi connectivity index (χ1v) is 8.10. The van der Waals surface area contributed by atoms with Crippen molar-refractivity contribution in [3.63, 3.8) is 0 Å². The first-order valence-electron chi connectivity index (χ1n) is 8.10. The van der Waals surface area contributed by atoms with E-state index in [2.05, 4.69) is 5.32 Å². The summed E-state index contributed by atoms with van der Waals surface area (Å²) in [5.41, 5.74) is 2.86. The second kappa shape index (κ2) is 7.57. The molecule has 1 saturated heterocycles. The standard InChI is InChI=1S/C19H22FNO2/c1-2-22-17-5-3-4-14(11-17)19-7-6-16(20)10-15(19)13-23-18-8-9-21-12-18/h3-7,10-11,18,21H,2,8-9,12-13H2,1H3/t18-/m0/s1. The molecule has 1 N–H and O–H groups in total. The molecule has 1 aliphatic heterocycles. The zero-order valence-electron chi connectivity index (χ0n) is 13.3. The molecule has 0 aromatic heterocycles. The minimum Gasteiger partial charge on any atom is -0.494 e. The Hall–Kier alpha value is -1.91. The van der Waals surface area contributed by atoms with Crippen LogP contribution in [0.5, 0.6) is 5.75 Å². The maximum Gasteiger partial charge on any atom is 0.123 e. The van der Waals surface area contributed by atoms with Crippen LogP contribution in [-0.4, -0.2) is 25.8 Å². The molecule has 23 heavy (non-hydrogen) atoms. The summed E-state index contributed by atoms with van der Waals surface area (Å²) < 4.78 is 25.2. The average Bonchev–Trinajstić information content (AvgIpc) is 3.07. The van der Waals surface area contributed by atoms with Crippen LogP contribution in [0.4, 0.5) is 4.39 Å². The van der Waals surface area contributed by atoms with Gasteiger partial charge in [0.2, 0.25) is 0 Å². The van der Waals surface area contributed by atoms with Crippen LogP contribution in [0.3, 0.4) is 0 Å². The lowest BCUT2D eigenvalue weighted by molar-refractivity contribution is 0.0543. The van der Waals surface area contributed by atoms with Crippen molar-refractivity contribution in [3.05, 3.63) is 53.8 Å². The van der Waals surface area contributed by atoms with Gasteiger partial charge in [0, 0.05) is 6.54 Å². The third-order valence-corrected chi connectivity index (χ3v) is 4.01. The molecule has 0 bridgehead atoms. The van der Waals surface area contributed by atoms with Crippen LogP contribution < -0.4 is 10.1 Å². The van der Waals surface area contributed by atoms with Crippen molar-refractivity contribution in [2.24, 2.45) is 0 Å². The molecule has 1 atom stereocenters. The summed E-state index contributed by atoms with van der Waals surface area (Å²) in [5, 5.41) is 3.27. The lowest BCUT2D eigenvalue weighted by atomic mass is 9.99. The van der Waals surface area contributed by atoms with Crippen molar-refractivity contribution < 1.29 is 13.9 Å². The Morgan fingerprint density at radius 3 is 2.91 bits per heavy atom. The van der Waals surface area contributed by atoms with E-state index in [4.69, 9.17) is 9.47 Å². The Labute approximate surface area is 136 Å². The van der Waals surface area contributed by atoms with Gasteiger partial charge < -0.3 is 14.8 Å². The molecular formula is C19H22FNO2. The molecule has 2 aromatic rings. The van der Waals surface area contributed by atoms with E-state index in [1.807, 2.05) is 37.3 Å². The first-order chi connectivity index (χ1) is 11.3. The zero-order chi connectivity index (χ0) is 16.1. The first kappa shape index (κ1) is 16.0. The fourth-order valence-corrected chi connectivity index (χ4v) is 2.86. The highest BCUT2D eigenvalue weighted by Crippen LogP contribution is 2.28. The highest BCUT2D eigenvalue weighted by molar-refractivity contribution is 5.68. The Morgan fingerprint density at radius 1 is 1.22 bits per heavy atom. The number of benzene rings is 2. The molecule has 1 heterocycles. The predicted molar refractivity (Wildman–Crippen MR) is 89.1 cm³/mol. The summed E-state index contributed by atoms with van der Waals surface area (Å²) in [4.78, 5) is 0. The fourth-order valence-electron chi connectivity index (χ4n) is 2.86. The largest absolute Gasteiger partial charge is 0.494 e. The quantitative estimate of drug-likeness (QED) is 0.880. The van der Waals surface area contributed by atoms with Gasteiger partial charge in [-0.2, -0.15) is 0 Å². The highest BCUT2D eigenvalue weighted by Gasteiger charge is 2.16. The van der Waals surface area contributed by atoms with Gasteiger partial charge in [-0.25, -0.2) is 4.39 Å². The van der Waals surface area contributed by atoms with Crippen molar-refractivity contribution in [3.8, 4) is 16.9 Å². The molecule has 3 nitrogen and oxygen atoms in total. The molecule has 0 saturated carbocycles. The average molecular weight is 315 g/mol. The summed E-state index contributed by atoms with van der Waals surface area (Å²) in [7, 11) is 0. The van der Waals surface area contributed by atoms with Crippen LogP contribution in [-0.2, 0) is 11.3 Å². The maximum absolute atomic E-state index is 13.7. The number of rotatable bonds is 6. The second-order valence-electron chi connectivity index (χ2n) is 5.69. The summed E-state index contributed by atoms with van der Waals surface area (Å²) in [5.74, 6) is 0.582. The third kappa shape index (κ3) is 4.09. The van der Waals surface area contributed by atoms with Gasteiger partial charge in [0.05, 0.1) is 19.3 Å². The van der Waals surface area contributed by atoms with Crippen molar-refractivity contribution in [1.82, 2.24) is 5.32 Å². The molecular weight excluding hydrogens is 293 g/mol. The fraction of sp³-hybridized carbons (Fsp3) is 0.368. The lowest BCUT2D eigenvalue weighted by Gasteiger charge is -2.15. The van der Waals surface area contributed by atoms with E-state index in [0.717, 1.165) is 42.0 Å². The van der Waals surface area contributed by atoms with Crippen molar-refractivity contribution in [2.75, 3.05) is 19.7 Å². The molecule has 0 amide bonds. The van der Waals surface area contributed by atoms with E-state index in [9.17, 15) is 4.39 Å². The molecule has 4 heteroatoms. The molecule has 1 fully saturated rings. The Bertz CT molecular complexity index is 654. The number of ether oxygens (including phenoxy) is 2. The smallest absolute Gasteiger partial charge is 0.123 e. The van der Waals surface area contributed by atoms with E-state index in [-0.39, 0.29) is 11.9 Å². The van der Waals surface area contributed by atoms with Gasteiger partial charge in [-0.05, 0) is 60.8 Å². The van der Waals surface area contributed by atoms with Gasteiger partial charge in [0.1, 0.15) is 11.6 Å². The molecule has 0 radical (unpaired) electrons. The second-order valence-corrected chi connectivity index (χ2v) is 5.69. The number of hydrogen-bond donors (Lipinski definition) is 1. The normalized spacial score (nSPS) is 17.4. The summed E-state index contributed by atoms with van der Waals surface area (Å²) >= 11 is 0. The van der Waals surface area contributed by atoms with E-state index >= 15 is 0 Å². The number of halogens is 1. The van der Waals surface area contributed by atoms with Crippen molar-refractivity contribution in [1.29, 1.82) is 0 Å². The highest BCUT2D eigenvalue weighted by atomic mass is 19.1. The van der Waals surface area contributed by atoms with Gasteiger partial charge in [0.15, 0.2) is 0 Å². The Kier molecular flexibility index (Phi) is 5.26. The van der Waals surface area contributed by atoms with Gasteiger partial charge in [-0.3, -0.25) is 0 Å². The molecule has 1 aliphatic rings. The number of hydrogen-bond acceptors (Lipinski definition) is 3. The third-order valence-electron chi connectivity index (χ3n) is 4.01. The molecule has 0 aliphatic carbocycles. The van der Waals surface area contributed by atoms with Crippen LogP contribution in [0, 0.1) is 5.82 Å². The van der Waals surface area contributed by atoms with E-state index < -0.39 is 0 Å². The topological polar surface area (TPSA) is 30.5 Å². The number of nitrogens with one attached hydrogen (secondary N) is 1. The van der Waals surface area contributed by atoms with Gasteiger partial charge in [0.25, 0.3) is 0 Å². The minimum absolute atomic E-state index is 0.209.